The molecule has 0 radical (unpaired) electrons. The number of nitrogens with zero attached hydrogens (tertiary/aromatic N) is 1. The van der Waals surface area contributed by atoms with Gasteiger partial charge in [0.1, 0.15) is 23.3 Å². The van der Waals surface area contributed by atoms with Gasteiger partial charge in [-0.2, -0.15) is 0 Å². The van der Waals surface area contributed by atoms with Gasteiger partial charge < -0.3 is 4.98 Å². The standard InChI is InChI=1S/C17H12F4N2/c18-12-1-10(2-13(19)6-12)3-16(17-8-22-9-23-17)11-4-14(20)7-15(21)5-11/h1-2,4-9,16H,3H2,(H,22,23). The zero-order chi connectivity index (χ0) is 16.4. The van der Waals surface area contributed by atoms with Crippen molar-refractivity contribution in [3.63, 3.8) is 0 Å². The fourth-order valence-corrected chi connectivity index (χ4v) is 2.61. The van der Waals surface area contributed by atoms with E-state index >= 15 is 0 Å². The minimum Gasteiger partial charge on any atom is -0.348 e. The molecule has 0 amide bonds. The van der Waals surface area contributed by atoms with Crippen molar-refractivity contribution in [3.8, 4) is 0 Å². The molecule has 2 aromatic carbocycles. The van der Waals surface area contributed by atoms with Crippen molar-refractivity contribution in [2.24, 2.45) is 0 Å². The van der Waals surface area contributed by atoms with Crippen molar-refractivity contribution in [2.45, 2.75) is 12.3 Å². The summed E-state index contributed by atoms with van der Waals surface area (Å²) in [4.78, 5) is 6.78. The quantitative estimate of drug-likeness (QED) is 0.712. The number of aromatic amines is 1. The zero-order valence-corrected chi connectivity index (χ0v) is 11.9. The first-order valence-electron chi connectivity index (χ1n) is 6.90. The molecule has 2 nitrogen and oxygen atoms in total. The maximum absolute atomic E-state index is 13.5. The lowest BCUT2D eigenvalue weighted by Crippen LogP contribution is -2.07. The number of imidazole rings is 1. The van der Waals surface area contributed by atoms with Crippen LogP contribution in [-0.2, 0) is 6.42 Å². The van der Waals surface area contributed by atoms with Crippen LogP contribution in [0.4, 0.5) is 17.6 Å². The highest BCUT2D eigenvalue weighted by Gasteiger charge is 2.19. The molecule has 1 unspecified atom stereocenters. The molecule has 1 atom stereocenters. The van der Waals surface area contributed by atoms with Gasteiger partial charge in [0.25, 0.3) is 0 Å². The van der Waals surface area contributed by atoms with Gasteiger partial charge in [-0.15, -0.1) is 0 Å². The number of benzene rings is 2. The second-order valence-corrected chi connectivity index (χ2v) is 5.24. The molecule has 0 fully saturated rings. The van der Waals surface area contributed by atoms with Gasteiger partial charge in [-0.05, 0) is 41.8 Å². The summed E-state index contributed by atoms with van der Waals surface area (Å²) in [6.45, 7) is 0. The molecule has 3 aromatic rings. The third kappa shape index (κ3) is 3.59. The molecule has 0 aliphatic heterocycles. The Hall–Kier alpha value is -2.63. The van der Waals surface area contributed by atoms with E-state index in [1.165, 1.54) is 36.8 Å². The highest BCUT2D eigenvalue weighted by atomic mass is 19.1. The lowest BCUT2D eigenvalue weighted by molar-refractivity contribution is 0.571. The Morgan fingerprint density at radius 1 is 0.826 bits per heavy atom. The molecule has 1 aromatic heterocycles. The number of halogens is 4. The van der Waals surface area contributed by atoms with E-state index in [1.807, 2.05) is 0 Å². The maximum atomic E-state index is 13.5. The normalized spacial score (nSPS) is 12.3. The summed E-state index contributed by atoms with van der Waals surface area (Å²) in [6, 6.07) is 6.34. The summed E-state index contributed by atoms with van der Waals surface area (Å²) in [5, 5.41) is 0. The molecule has 23 heavy (non-hydrogen) atoms. The first-order chi connectivity index (χ1) is 11.0. The Morgan fingerprint density at radius 3 is 1.91 bits per heavy atom. The molecule has 0 aliphatic carbocycles. The van der Waals surface area contributed by atoms with Gasteiger partial charge in [-0.25, -0.2) is 22.5 Å². The minimum absolute atomic E-state index is 0.166. The van der Waals surface area contributed by atoms with Gasteiger partial charge in [-0.3, -0.25) is 0 Å². The number of aromatic nitrogens is 2. The van der Waals surface area contributed by atoms with Crippen LogP contribution in [0.25, 0.3) is 0 Å². The van der Waals surface area contributed by atoms with E-state index in [-0.39, 0.29) is 6.42 Å². The van der Waals surface area contributed by atoms with Gasteiger partial charge in [-0.1, -0.05) is 0 Å². The number of hydrogen-bond donors (Lipinski definition) is 1. The first-order valence-corrected chi connectivity index (χ1v) is 6.90. The van der Waals surface area contributed by atoms with E-state index in [0.717, 1.165) is 12.1 Å². The molecule has 6 heteroatoms. The smallest absolute Gasteiger partial charge is 0.126 e. The first kappa shape index (κ1) is 15.3. The highest BCUT2D eigenvalue weighted by Crippen LogP contribution is 2.28. The molecule has 1 N–H and O–H groups in total. The number of rotatable bonds is 4. The van der Waals surface area contributed by atoms with E-state index in [0.29, 0.717) is 16.8 Å². The molecule has 3 rings (SSSR count). The lowest BCUT2D eigenvalue weighted by Gasteiger charge is -2.16. The van der Waals surface area contributed by atoms with Crippen LogP contribution in [0, 0.1) is 23.3 Å². The average Bonchev–Trinajstić information content (AvgIpc) is 2.96. The van der Waals surface area contributed by atoms with Crippen molar-refractivity contribution >= 4 is 0 Å². The maximum Gasteiger partial charge on any atom is 0.126 e. The van der Waals surface area contributed by atoms with Crippen molar-refractivity contribution in [3.05, 3.63) is 89.0 Å². The van der Waals surface area contributed by atoms with Crippen LogP contribution in [0.15, 0.2) is 48.9 Å². The summed E-state index contributed by atoms with van der Waals surface area (Å²) in [6.07, 6.45) is 3.12. The van der Waals surface area contributed by atoms with E-state index < -0.39 is 29.2 Å². The molecule has 0 spiro atoms. The second-order valence-electron chi connectivity index (χ2n) is 5.24. The van der Waals surface area contributed by atoms with Gasteiger partial charge in [0.15, 0.2) is 0 Å². The van der Waals surface area contributed by atoms with Crippen LogP contribution in [0.3, 0.4) is 0 Å². The summed E-state index contributed by atoms with van der Waals surface area (Å²) in [7, 11) is 0. The Morgan fingerprint density at radius 2 is 1.39 bits per heavy atom. The fourth-order valence-electron chi connectivity index (χ4n) is 2.61. The fraction of sp³-hybridized carbons (Fsp3) is 0.118. The van der Waals surface area contributed by atoms with E-state index in [4.69, 9.17) is 0 Å². The molecular weight excluding hydrogens is 308 g/mol. The largest absolute Gasteiger partial charge is 0.348 e. The predicted octanol–water partition coefficient (Wildman–Crippen LogP) is 4.34. The molecule has 118 valence electrons. The van der Waals surface area contributed by atoms with Crippen LogP contribution in [0.2, 0.25) is 0 Å². The molecular formula is C17H12F4N2. The topological polar surface area (TPSA) is 28.7 Å². The summed E-state index contributed by atoms with van der Waals surface area (Å²) in [5.74, 6) is -3.34. The Labute approximate surface area is 129 Å². The third-order valence-electron chi connectivity index (χ3n) is 3.54. The van der Waals surface area contributed by atoms with Crippen molar-refractivity contribution in [1.29, 1.82) is 0 Å². The summed E-state index contributed by atoms with van der Waals surface area (Å²) >= 11 is 0. The van der Waals surface area contributed by atoms with Gasteiger partial charge in [0.05, 0.1) is 6.33 Å². The van der Waals surface area contributed by atoms with Gasteiger partial charge in [0.2, 0.25) is 0 Å². The second kappa shape index (κ2) is 6.24. The van der Waals surface area contributed by atoms with Crippen LogP contribution in [-0.4, -0.2) is 9.97 Å². The van der Waals surface area contributed by atoms with Crippen LogP contribution in [0.5, 0.6) is 0 Å². The lowest BCUT2D eigenvalue weighted by atomic mass is 9.89. The average molecular weight is 320 g/mol. The molecule has 0 bridgehead atoms. The molecule has 0 saturated carbocycles. The molecule has 0 aliphatic rings. The van der Waals surface area contributed by atoms with E-state index in [2.05, 4.69) is 9.97 Å². The Balaban J connectivity index is 2.02. The number of hydrogen-bond acceptors (Lipinski definition) is 1. The number of H-pyrrole nitrogens is 1. The zero-order valence-electron chi connectivity index (χ0n) is 11.9. The van der Waals surface area contributed by atoms with Crippen LogP contribution >= 0.6 is 0 Å². The minimum atomic E-state index is -0.713. The Kier molecular flexibility index (Phi) is 4.14. The van der Waals surface area contributed by atoms with Crippen molar-refractivity contribution < 1.29 is 17.6 Å². The van der Waals surface area contributed by atoms with E-state index in [9.17, 15) is 17.6 Å². The van der Waals surface area contributed by atoms with E-state index in [1.54, 1.807) is 0 Å². The van der Waals surface area contributed by atoms with Crippen molar-refractivity contribution in [2.75, 3.05) is 0 Å². The van der Waals surface area contributed by atoms with Crippen LogP contribution in [0.1, 0.15) is 22.7 Å². The Bertz CT molecular complexity index is 775. The summed E-state index contributed by atoms with van der Waals surface area (Å²) < 4.78 is 53.8. The molecule has 0 saturated heterocycles. The third-order valence-corrected chi connectivity index (χ3v) is 3.54. The van der Waals surface area contributed by atoms with Gasteiger partial charge in [0, 0.05) is 29.9 Å². The van der Waals surface area contributed by atoms with Crippen LogP contribution < -0.4 is 0 Å². The number of nitrogens with one attached hydrogen (secondary N) is 1. The molecule has 1 heterocycles. The highest BCUT2D eigenvalue weighted by molar-refractivity contribution is 5.32. The van der Waals surface area contributed by atoms with Gasteiger partial charge >= 0.3 is 0 Å². The van der Waals surface area contributed by atoms with Crippen molar-refractivity contribution in [1.82, 2.24) is 9.97 Å². The monoisotopic (exact) mass is 320 g/mol. The predicted molar refractivity (Wildman–Crippen MR) is 76.9 cm³/mol. The summed E-state index contributed by atoms with van der Waals surface area (Å²) in [5.41, 5.74) is 1.34. The SMILES string of the molecule is Fc1cc(F)cc(CC(c2cc(F)cc(F)c2)c2cnc[nH]2)c1.